The molecule has 1 atom stereocenters. The van der Waals surface area contributed by atoms with Crippen molar-refractivity contribution in [2.45, 2.75) is 19.4 Å². The summed E-state index contributed by atoms with van der Waals surface area (Å²) in [5.74, 6) is 6.58. The molecule has 0 radical (unpaired) electrons. The van der Waals surface area contributed by atoms with Crippen LogP contribution in [0.4, 0.5) is 0 Å². The smallest absolute Gasteiger partial charge is 0.193 e. The molecule has 0 aliphatic rings. The first kappa shape index (κ1) is 14.1. The van der Waals surface area contributed by atoms with E-state index in [0.717, 1.165) is 28.4 Å². The van der Waals surface area contributed by atoms with E-state index in [0.29, 0.717) is 6.61 Å². The van der Waals surface area contributed by atoms with Crippen molar-refractivity contribution >= 4 is 16.3 Å². The third kappa shape index (κ3) is 3.07. The van der Waals surface area contributed by atoms with Gasteiger partial charge in [-0.15, -0.1) is 11.3 Å². The predicted octanol–water partition coefficient (Wildman–Crippen LogP) is 2.54. The lowest BCUT2D eigenvalue weighted by atomic mass is 10.0. The van der Waals surface area contributed by atoms with E-state index in [1.54, 1.807) is 11.3 Å². The highest BCUT2D eigenvalue weighted by Gasteiger charge is 2.13. The van der Waals surface area contributed by atoms with Crippen molar-refractivity contribution in [1.82, 2.24) is 14.8 Å². The van der Waals surface area contributed by atoms with Gasteiger partial charge in [0.15, 0.2) is 4.96 Å². The highest BCUT2D eigenvalue weighted by molar-refractivity contribution is 7.15. The summed E-state index contributed by atoms with van der Waals surface area (Å²) in [4.78, 5) is 5.60. The zero-order valence-corrected chi connectivity index (χ0v) is 12.6. The van der Waals surface area contributed by atoms with E-state index in [2.05, 4.69) is 10.4 Å². The molecule has 1 unspecified atom stereocenters. The van der Waals surface area contributed by atoms with Gasteiger partial charge in [-0.25, -0.2) is 4.98 Å². The lowest BCUT2D eigenvalue weighted by Crippen LogP contribution is -2.29. The number of imidazole rings is 1. The standard InChI is InChI=1S/C15H18N4OS/c1-2-20-13-5-3-11(4-6-13)14(18-16)9-12-10-19-7-8-21-15(19)17-12/h3-8,10,14,18H,2,9,16H2,1H3. The number of hydrogen-bond acceptors (Lipinski definition) is 5. The molecule has 2 aromatic heterocycles. The number of benzene rings is 1. The normalized spacial score (nSPS) is 12.7. The molecule has 3 aromatic rings. The number of fused-ring (bicyclic) bond motifs is 1. The largest absolute Gasteiger partial charge is 0.494 e. The maximum atomic E-state index is 5.71. The van der Waals surface area contributed by atoms with Crippen molar-refractivity contribution in [2.75, 3.05) is 6.61 Å². The second kappa shape index (κ2) is 6.26. The van der Waals surface area contributed by atoms with Crippen LogP contribution in [0.15, 0.2) is 42.0 Å². The lowest BCUT2D eigenvalue weighted by molar-refractivity contribution is 0.340. The van der Waals surface area contributed by atoms with Crippen molar-refractivity contribution in [3.63, 3.8) is 0 Å². The SMILES string of the molecule is CCOc1ccc(C(Cc2cn3ccsc3n2)NN)cc1. The Morgan fingerprint density at radius 3 is 2.86 bits per heavy atom. The van der Waals surface area contributed by atoms with Crippen LogP contribution in [0.3, 0.4) is 0 Å². The molecule has 5 nitrogen and oxygen atoms in total. The number of aromatic nitrogens is 2. The predicted molar refractivity (Wildman–Crippen MR) is 84.4 cm³/mol. The van der Waals surface area contributed by atoms with Crippen molar-refractivity contribution in [2.24, 2.45) is 5.84 Å². The molecule has 0 spiro atoms. The second-order valence-corrected chi connectivity index (χ2v) is 5.62. The summed E-state index contributed by atoms with van der Waals surface area (Å²) in [7, 11) is 0. The molecular weight excluding hydrogens is 284 g/mol. The molecule has 21 heavy (non-hydrogen) atoms. The van der Waals surface area contributed by atoms with E-state index in [4.69, 9.17) is 10.6 Å². The quantitative estimate of drug-likeness (QED) is 0.542. The number of nitrogens with one attached hydrogen (secondary N) is 1. The summed E-state index contributed by atoms with van der Waals surface area (Å²) in [6.45, 7) is 2.64. The molecule has 110 valence electrons. The zero-order chi connectivity index (χ0) is 14.7. The second-order valence-electron chi connectivity index (χ2n) is 4.75. The maximum absolute atomic E-state index is 5.71. The van der Waals surface area contributed by atoms with Crippen LogP contribution in [0.1, 0.15) is 24.2 Å². The van der Waals surface area contributed by atoms with Gasteiger partial charge in [0.05, 0.1) is 18.3 Å². The van der Waals surface area contributed by atoms with Crippen LogP contribution < -0.4 is 16.0 Å². The summed E-state index contributed by atoms with van der Waals surface area (Å²) in [6, 6.07) is 8.04. The maximum Gasteiger partial charge on any atom is 0.193 e. The Morgan fingerprint density at radius 2 is 2.19 bits per heavy atom. The molecule has 6 heteroatoms. The molecule has 3 N–H and O–H groups in total. The van der Waals surface area contributed by atoms with E-state index in [1.165, 1.54) is 0 Å². The lowest BCUT2D eigenvalue weighted by Gasteiger charge is -2.15. The topological polar surface area (TPSA) is 64.6 Å². The van der Waals surface area contributed by atoms with Gasteiger partial charge in [0.25, 0.3) is 0 Å². The first-order chi connectivity index (χ1) is 10.3. The van der Waals surface area contributed by atoms with E-state index in [9.17, 15) is 0 Å². The molecule has 0 aliphatic heterocycles. The van der Waals surface area contributed by atoms with E-state index in [1.807, 2.05) is 53.4 Å². The third-order valence-electron chi connectivity index (χ3n) is 3.35. The van der Waals surface area contributed by atoms with Crippen molar-refractivity contribution in [3.8, 4) is 5.75 Å². The van der Waals surface area contributed by atoms with Crippen LogP contribution in [0.2, 0.25) is 0 Å². The van der Waals surface area contributed by atoms with Gasteiger partial charge in [-0.3, -0.25) is 15.7 Å². The molecule has 1 aromatic carbocycles. The number of nitrogens with zero attached hydrogens (tertiary/aromatic N) is 2. The van der Waals surface area contributed by atoms with Crippen molar-refractivity contribution in [3.05, 3.63) is 53.3 Å². The third-order valence-corrected chi connectivity index (χ3v) is 4.12. The fraction of sp³-hybridized carbons (Fsp3) is 0.267. The molecule has 0 saturated carbocycles. The Bertz CT molecular complexity index is 675. The van der Waals surface area contributed by atoms with Crippen LogP contribution in [-0.2, 0) is 6.42 Å². The molecule has 0 amide bonds. The van der Waals surface area contributed by atoms with Crippen LogP contribution in [0, 0.1) is 0 Å². The number of rotatable bonds is 6. The van der Waals surface area contributed by atoms with Crippen molar-refractivity contribution in [1.29, 1.82) is 0 Å². The van der Waals surface area contributed by atoms with Gasteiger partial charge >= 0.3 is 0 Å². The van der Waals surface area contributed by atoms with E-state index >= 15 is 0 Å². The minimum atomic E-state index is 0.0327. The minimum Gasteiger partial charge on any atom is -0.494 e. The fourth-order valence-corrected chi connectivity index (χ4v) is 3.04. The Morgan fingerprint density at radius 1 is 1.38 bits per heavy atom. The van der Waals surface area contributed by atoms with Crippen LogP contribution in [0.25, 0.3) is 4.96 Å². The monoisotopic (exact) mass is 302 g/mol. The first-order valence-electron chi connectivity index (χ1n) is 6.90. The molecule has 0 aliphatic carbocycles. The van der Waals surface area contributed by atoms with Crippen LogP contribution in [-0.4, -0.2) is 16.0 Å². The Kier molecular flexibility index (Phi) is 4.19. The highest BCUT2D eigenvalue weighted by Crippen LogP contribution is 2.21. The summed E-state index contributed by atoms with van der Waals surface area (Å²) < 4.78 is 7.49. The van der Waals surface area contributed by atoms with Crippen LogP contribution >= 0.6 is 11.3 Å². The van der Waals surface area contributed by atoms with Gasteiger partial charge < -0.3 is 4.74 Å². The van der Waals surface area contributed by atoms with Gasteiger partial charge in [0.1, 0.15) is 5.75 Å². The van der Waals surface area contributed by atoms with Gasteiger partial charge in [-0.05, 0) is 24.6 Å². The van der Waals surface area contributed by atoms with Gasteiger partial charge in [-0.2, -0.15) is 0 Å². The highest BCUT2D eigenvalue weighted by atomic mass is 32.1. The summed E-state index contributed by atoms with van der Waals surface area (Å²) in [6.07, 6.45) is 4.81. The summed E-state index contributed by atoms with van der Waals surface area (Å²) >= 11 is 1.63. The zero-order valence-electron chi connectivity index (χ0n) is 11.8. The molecule has 0 bridgehead atoms. The Labute approximate surface area is 127 Å². The van der Waals surface area contributed by atoms with Gasteiger partial charge in [-0.1, -0.05) is 12.1 Å². The minimum absolute atomic E-state index is 0.0327. The number of hydrazine groups is 1. The average molecular weight is 302 g/mol. The number of hydrogen-bond donors (Lipinski definition) is 2. The molecule has 3 rings (SSSR count). The molecule has 0 fully saturated rings. The Balaban J connectivity index is 1.76. The first-order valence-corrected chi connectivity index (χ1v) is 7.78. The van der Waals surface area contributed by atoms with E-state index < -0.39 is 0 Å². The molecule has 2 heterocycles. The van der Waals surface area contributed by atoms with Gasteiger partial charge in [0.2, 0.25) is 0 Å². The fourth-order valence-electron chi connectivity index (χ4n) is 2.32. The van der Waals surface area contributed by atoms with E-state index in [-0.39, 0.29) is 6.04 Å². The summed E-state index contributed by atoms with van der Waals surface area (Å²) in [5, 5.41) is 2.03. The Hall–Kier alpha value is -1.89. The van der Waals surface area contributed by atoms with Crippen molar-refractivity contribution < 1.29 is 4.74 Å². The van der Waals surface area contributed by atoms with Gasteiger partial charge in [0, 0.05) is 24.2 Å². The molecule has 0 saturated heterocycles. The average Bonchev–Trinajstić information content (AvgIpc) is 3.07. The number of nitrogens with two attached hydrogens (primary N) is 1. The number of thiazole rings is 1. The summed E-state index contributed by atoms with van der Waals surface area (Å²) in [5.41, 5.74) is 5.02. The molecular formula is C15H18N4OS. The number of ether oxygens (including phenoxy) is 1. The van der Waals surface area contributed by atoms with Crippen LogP contribution in [0.5, 0.6) is 5.75 Å².